The van der Waals surface area contributed by atoms with Crippen LogP contribution in [-0.2, 0) is 11.8 Å². The summed E-state index contributed by atoms with van der Waals surface area (Å²) in [5, 5.41) is 11.2. The zero-order valence-electron chi connectivity index (χ0n) is 20.1. The van der Waals surface area contributed by atoms with Crippen LogP contribution in [0.3, 0.4) is 0 Å². The zero-order chi connectivity index (χ0) is 31.1. The van der Waals surface area contributed by atoms with Gasteiger partial charge in [-0.25, -0.2) is 4.39 Å². The van der Waals surface area contributed by atoms with Gasteiger partial charge in [-0.1, -0.05) is 24.3 Å². The summed E-state index contributed by atoms with van der Waals surface area (Å²) in [5.41, 5.74) is -12.8. The third kappa shape index (κ3) is 6.02. The average molecular weight is 661 g/mol. The third-order valence-electron chi connectivity index (χ3n) is 5.78. The van der Waals surface area contributed by atoms with Crippen LogP contribution in [0.15, 0.2) is 65.1 Å². The molecule has 2 N–H and O–H groups in total. The van der Waals surface area contributed by atoms with Gasteiger partial charge in [-0.15, -0.1) is 0 Å². The second-order valence-corrected chi connectivity index (χ2v) is 9.26. The third-order valence-corrected chi connectivity index (χ3v) is 6.41. The molecule has 0 unspecified atom stereocenters. The van der Waals surface area contributed by atoms with Gasteiger partial charge in [0.1, 0.15) is 0 Å². The van der Waals surface area contributed by atoms with Crippen molar-refractivity contribution in [3.63, 3.8) is 0 Å². The van der Waals surface area contributed by atoms with E-state index in [0.29, 0.717) is 0 Å². The minimum atomic E-state index is -6.49. The first kappa shape index (κ1) is 31.9. The molecule has 0 bridgehead atoms. The first-order chi connectivity index (χ1) is 18.7. The van der Waals surface area contributed by atoms with Crippen molar-refractivity contribution in [3.05, 3.63) is 93.2 Å². The van der Waals surface area contributed by atoms with Crippen LogP contribution in [0, 0.1) is 5.82 Å². The number of carbonyl (C=O) groups is 2. The summed E-state index contributed by atoms with van der Waals surface area (Å²) in [7, 11) is 1.15. The fraction of sp³-hybridized carbons (Fsp3) is 0.200. The first-order valence-electron chi connectivity index (χ1n) is 10.9. The van der Waals surface area contributed by atoms with Gasteiger partial charge in [-0.3, -0.25) is 9.59 Å². The molecule has 2 amide bonds. The van der Waals surface area contributed by atoms with Gasteiger partial charge in [0.05, 0.1) is 22.5 Å². The van der Waals surface area contributed by atoms with Crippen LogP contribution in [0.4, 0.5) is 55.3 Å². The number of halogens is 11. The lowest BCUT2D eigenvalue weighted by Gasteiger charge is -2.33. The number of nitrogens with one attached hydrogen (secondary N) is 1. The van der Waals surface area contributed by atoms with E-state index in [-0.39, 0.29) is 11.6 Å². The normalized spacial score (nSPS) is 12.7. The Morgan fingerprint density at radius 1 is 0.854 bits per heavy atom. The van der Waals surface area contributed by atoms with Crippen molar-refractivity contribution in [2.45, 2.75) is 24.1 Å². The lowest BCUT2D eigenvalue weighted by molar-refractivity contribution is -0.376. The largest absolute Gasteiger partial charge is 0.430 e. The van der Waals surface area contributed by atoms with E-state index in [1.54, 1.807) is 11.4 Å². The molecular weight excluding hydrogens is 646 g/mol. The van der Waals surface area contributed by atoms with Crippen molar-refractivity contribution in [1.29, 1.82) is 0 Å². The molecule has 0 radical (unpaired) electrons. The van der Waals surface area contributed by atoms with Crippen LogP contribution in [-0.4, -0.2) is 36.3 Å². The molecule has 3 aromatic rings. The summed E-state index contributed by atoms with van der Waals surface area (Å²) in [6.07, 6.45) is -18.7. The maximum absolute atomic E-state index is 15.3. The van der Waals surface area contributed by atoms with E-state index in [1.807, 2.05) is 0 Å². The molecule has 220 valence electrons. The highest BCUT2D eigenvalue weighted by atomic mass is 79.9. The standard InChI is InChI=1S/C25H15BrF10N2O3/c1-38(21(40)12-6-3-2-4-7-12)17-9-5-8-14(18(17)27)20(39)37-19-15(23(28,29)30)10-13(11-16(19)26)22(41,24(31,32)33)25(34,35)36/h2-11,41H,1H3,(H,37,39). The second-order valence-electron chi connectivity index (χ2n) is 8.41. The molecular formula is C25H15BrF10N2O3. The number of anilines is 2. The number of rotatable bonds is 5. The highest BCUT2D eigenvalue weighted by molar-refractivity contribution is 9.10. The van der Waals surface area contributed by atoms with E-state index in [2.05, 4.69) is 15.9 Å². The Balaban J connectivity index is 2.08. The molecule has 16 heteroatoms. The van der Waals surface area contributed by atoms with E-state index < -0.39 is 80.4 Å². The van der Waals surface area contributed by atoms with Crippen molar-refractivity contribution < 1.29 is 58.6 Å². The molecule has 3 aromatic carbocycles. The van der Waals surface area contributed by atoms with Crippen LogP contribution >= 0.6 is 15.9 Å². The van der Waals surface area contributed by atoms with Gasteiger partial charge in [-0.2, -0.15) is 39.5 Å². The van der Waals surface area contributed by atoms with Crippen LogP contribution in [0.1, 0.15) is 31.8 Å². The lowest BCUT2D eigenvalue weighted by Crippen LogP contribution is -2.54. The van der Waals surface area contributed by atoms with Crippen LogP contribution in [0.25, 0.3) is 0 Å². The Kier molecular flexibility index (Phi) is 8.52. The van der Waals surface area contributed by atoms with E-state index in [9.17, 15) is 54.2 Å². The monoisotopic (exact) mass is 660 g/mol. The molecule has 0 aliphatic carbocycles. The minimum absolute atomic E-state index is 0.106. The Hall–Kier alpha value is -3.66. The van der Waals surface area contributed by atoms with Crippen molar-refractivity contribution in [3.8, 4) is 0 Å². The van der Waals surface area contributed by atoms with E-state index in [4.69, 9.17) is 0 Å². The fourth-order valence-electron chi connectivity index (χ4n) is 3.67. The molecule has 0 fully saturated rings. The quantitative estimate of drug-likeness (QED) is 0.280. The summed E-state index contributed by atoms with van der Waals surface area (Å²) in [6.45, 7) is 0. The Bertz CT molecular complexity index is 1460. The topological polar surface area (TPSA) is 69.6 Å². The fourth-order valence-corrected chi connectivity index (χ4v) is 4.23. The van der Waals surface area contributed by atoms with Crippen molar-refractivity contribution >= 4 is 39.1 Å². The Morgan fingerprint density at radius 2 is 1.41 bits per heavy atom. The van der Waals surface area contributed by atoms with Gasteiger partial charge in [0, 0.05) is 22.6 Å². The number of hydrogen-bond acceptors (Lipinski definition) is 3. The predicted octanol–water partition coefficient (Wildman–Crippen LogP) is 7.45. The van der Waals surface area contributed by atoms with Crippen LogP contribution in [0.5, 0.6) is 0 Å². The molecule has 0 saturated carbocycles. The van der Waals surface area contributed by atoms with E-state index in [0.717, 1.165) is 30.1 Å². The molecule has 0 saturated heterocycles. The van der Waals surface area contributed by atoms with E-state index >= 15 is 4.39 Å². The summed E-state index contributed by atoms with van der Waals surface area (Å²) < 4.78 is 135. The van der Waals surface area contributed by atoms with Crippen molar-refractivity contribution in [2.24, 2.45) is 0 Å². The molecule has 0 aromatic heterocycles. The van der Waals surface area contributed by atoms with Crippen molar-refractivity contribution in [2.75, 3.05) is 17.3 Å². The summed E-state index contributed by atoms with van der Waals surface area (Å²) in [6, 6.07) is 9.71. The van der Waals surface area contributed by atoms with Gasteiger partial charge in [-0.05, 0) is 52.3 Å². The number of aliphatic hydroxyl groups is 1. The highest BCUT2D eigenvalue weighted by Gasteiger charge is 2.71. The van der Waals surface area contributed by atoms with Gasteiger partial charge >= 0.3 is 18.5 Å². The van der Waals surface area contributed by atoms with Crippen LogP contribution < -0.4 is 10.2 Å². The smallest absolute Gasteiger partial charge is 0.369 e. The highest BCUT2D eigenvalue weighted by Crippen LogP contribution is 2.52. The summed E-state index contributed by atoms with van der Waals surface area (Å²) >= 11 is 2.41. The van der Waals surface area contributed by atoms with Crippen LogP contribution in [0.2, 0.25) is 0 Å². The van der Waals surface area contributed by atoms with E-state index in [1.165, 1.54) is 24.3 Å². The predicted molar refractivity (Wildman–Crippen MR) is 129 cm³/mol. The number of nitrogens with zero attached hydrogens (tertiary/aromatic N) is 1. The van der Waals surface area contributed by atoms with Crippen molar-refractivity contribution in [1.82, 2.24) is 0 Å². The molecule has 0 aliphatic heterocycles. The number of hydrogen-bond donors (Lipinski definition) is 2. The molecule has 5 nitrogen and oxygen atoms in total. The average Bonchev–Trinajstić information content (AvgIpc) is 2.86. The Morgan fingerprint density at radius 3 is 1.93 bits per heavy atom. The number of amides is 2. The maximum Gasteiger partial charge on any atom is 0.430 e. The summed E-state index contributed by atoms with van der Waals surface area (Å²) in [5.74, 6) is -3.69. The second kappa shape index (κ2) is 11.0. The van der Waals surface area contributed by atoms with Gasteiger partial charge in [0.25, 0.3) is 17.4 Å². The number of benzene rings is 3. The molecule has 3 rings (SSSR count). The van der Waals surface area contributed by atoms with Gasteiger partial charge < -0.3 is 15.3 Å². The molecule has 0 heterocycles. The minimum Gasteiger partial charge on any atom is -0.369 e. The lowest BCUT2D eigenvalue weighted by atomic mass is 9.90. The van der Waals surface area contributed by atoms with Gasteiger partial charge in [0.15, 0.2) is 5.82 Å². The number of carbonyl (C=O) groups excluding carboxylic acids is 2. The first-order valence-corrected chi connectivity index (χ1v) is 11.7. The summed E-state index contributed by atoms with van der Waals surface area (Å²) in [4.78, 5) is 26.3. The zero-order valence-corrected chi connectivity index (χ0v) is 21.7. The molecule has 41 heavy (non-hydrogen) atoms. The van der Waals surface area contributed by atoms with Gasteiger partial charge in [0.2, 0.25) is 0 Å². The SMILES string of the molecule is CN(C(=O)c1ccccc1)c1cccc(C(=O)Nc2c(Br)cc(C(O)(C(F)(F)F)C(F)(F)F)cc2C(F)(F)F)c1F. The molecule has 0 atom stereocenters. The molecule has 0 aliphatic rings. The Labute approximate surface area is 232 Å². The number of alkyl halides is 9. The maximum atomic E-state index is 15.3. The molecule has 0 spiro atoms.